The Morgan fingerprint density at radius 3 is 2.38 bits per heavy atom. The second-order valence-corrected chi connectivity index (χ2v) is 2.82. The van der Waals surface area contributed by atoms with Crippen molar-refractivity contribution in [2.45, 2.75) is 26.3 Å². The van der Waals surface area contributed by atoms with Crippen LogP contribution in [0.5, 0.6) is 0 Å². The molecular weight excluding hydrogens is 102 g/mol. The summed E-state index contributed by atoms with van der Waals surface area (Å²) < 4.78 is 0. The Balaban J connectivity index is 2.26. The molecule has 46 valence electrons. The van der Waals surface area contributed by atoms with Crippen molar-refractivity contribution in [1.82, 2.24) is 0 Å². The molecule has 2 unspecified atom stereocenters. The summed E-state index contributed by atoms with van der Waals surface area (Å²) in [5.41, 5.74) is 0. The summed E-state index contributed by atoms with van der Waals surface area (Å²) in [6.45, 7) is 4.27. The van der Waals surface area contributed by atoms with Crippen LogP contribution in [0.25, 0.3) is 0 Å². The summed E-state index contributed by atoms with van der Waals surface area (Å²) in [5.74, 6) is 1.25. The van der Waals surface area contributed by atoms with E-state index in [-0.39, 0.29) is 6.04 Å². The Hall–Kier alpha value is -0.400. The second kappa shape index (κ2) is 1.84. The van der Waals surface area contributed by atoms with Gasteiger partial charge in [0.1, 0.15) is 0 Å². The summed E-state index contributed by atoms with van der Waals surface area (Å²) in [7, 11) is 0. The largest absolute Gasteiger partial charge is 0.151 e. The molecule has 0 spiro atoms. The highest BCUT2D eigenvalue weighted by Crippen LogP contribution is 2.39. The molecule has 2 atom stereocenters. The summed E-state index contributed by atoms with van der Waals surface area (Å²) in [6, 6.07) is 0.162. The Labute approximate surface area is 49.3 Å². The summed E-state index contributed by atoms with van der Waals surface area (Å²) in [5, 5.41) is 2.95. The lowest BCUT2D eigenvalue weighted by molar-refractivity contribution is 0.547. The minimum absolute atomic E-state index is 0.162. The van der Waals surface area contributed by atoms with Crippen molar-refractivity contribution in [1.29, 1.82) is 0 Å². The molecule has 0 heterocycles. The Morgan fingerprint density at radius 2 is 2.25 bits per heavy atom. The van der Waals surface area contributed by atoms with Crippen molar-refractivity contribution in [2.24, 2.45) is 17.0 Å². The predicted octanol–water partition coefficient (Wildman–Crippen LogP) is 1.80. The molecular formula is C6H11NO. The van der Waals surface area contributed by atoms with E-state index in [9.17, 15) is 4.91 Å². The van der Waals surface area contributed by atoms with E-state index in [1.807, 2.05) is 0 Å². The topological polar surface area (TPSA) is 29.4 Å². The number of hydrogen-bond donors (Lipinski definition) is 0. The lowest BCUT2D eigenvalue weighted by atomic mass is 10.1. The van der Waals surface area contributed by atoms with Gasteiger partial charge in [-0.3, -0.25) is 0 Å². The first-order chi connectivity index (χ1) is 3.75. The monoisotopic (exact) mass is 113 g/mol. The first-order valence-electron chi connectivity index (χ1n) is 3.08. The molecule has 8 heavy (non-hydrogen) atoms. The van der Waals surface area contributed by atoms with E-state index in [2.05, 4.69) is 19.0 Å². The van der Waals surface area contributed by atoms with Gasteiger partial charge in [0.15, 0.2) is 0 Å². The predicted molar refractivity (Wildman–Crippen MR) is 32.5 cm³/mol. The fourth-order valence-corrected chi connectivity index (χ4v) is 1.04. The van der Waals surface area contributed by atoms with E-state index < -0.39 is 0 Å². The number of rotatable bonds is 2. The number of nitrogens with zero attached hydrogens (tertiary/aromatic N) is 1. The van der Waals surface area contributed by atoms with Crippen molar-refractivity contribution >= 4 is 0 Å². The normalized spacial score (nSPS) is 35.4. The number of nitroso groups, excluding NO2 is 1. The SMILES string of the molecule is CC(C)C1CC1N=O. The van der Waals surface area contributed by atoms with Crippen LogP contribution in [0.2, 0.25) is 0 Å². The third-order valence-electron chi connectivity index (χ3n) is 1.80. The molecule has 0 bridgehead atoms. The van der Waals surface area contributed by atoms with E-state index in [1.165, 1.54) is 0 Å². The van der Waals surface area contributed by atoms with E-state index in [1.54, 1.807) is 0 Å². The summed E-state index contributed by atoms with van der Waals surface area (Å²) in [6.07, 6.45) is 1.03. The molecule has 0 N–H and O–H groups in total. The van der Waals surface area contributed by atoms with E-state index in [0.717, 1.165) is 6.42 Å². The van der Waals surface area contributed by atoms with Crippen molar-refractivity contribution in [3.05, 3.63) is 4.91 Å². The van der Waals surface area contributed by atoms with Gasteiger partial charge in [0.05, 0.1) is 6.04 Å². The highest BCUT2D eigenvalue weighted by Gasteiger charge is 2.40. The fourth-order valence-electron chi connectivity index (χ4n) is 1.04. The minimum Gasteiger partial charge on any atom is -0.151 e. The van der Waals surface area contributed by atoms with E-state index in [4.69, 9.17) is 0 Å². The lowest BCUT2D eigenvalue weighted by Crippen LogP contribution is -1.92. The van der Waals surface area contributed by atoms with Gasteiger partial charge in [-0.25, -0.2) is 0 Å². The quantitative estimate of drug-likeness (QED) is 0.502. The van der Waals surface area contributed by atoms with Crippen LogP contribution >= 0.6 is 0 Å². The van der Waals surface area contributed by atoms with Gasteiger partial charge in [-0.2, -0.15) is 4.91 Å². The first-order valence-corrected chi connectivity index (χ1v) is 3.08. The standard InChI is InChI=1S/C6H11NO/c1-4(2)5-3-6(5)7-8/h4-6H,3H2,1-2H3. The van der Waals surface area contributed by atoms with Gasteiger partial charge in [-0.05, 0) is 18.3 Å². The van der Waals surface area contributed by atoms with E-state index >= 15 is 0 Å². The molecule has 0 amide bonds. The van der Waals surface area contributed by atoms with Crippen LogP contribution in [0.15, 0.2) is 5.18 Å². The van der Waals surface area contributed by atoms with Crippen molar-refractivity contribution in [2.75, 3.05) is 0 Å². The van der Waals surface area contributed by atoms with Gasteiger partial charge in [0.25, 0.3) is 0 Å². The molecule has 2 nitrogen and oxygen atoms in total. The maximum absolute atomic E-state index is 9.83. The second-order valence-electron chi connectivity index (χ2n) is 2.82. The minimum atomic E-state index is 0.162. The molecule has 0 radical (unpaired) electrons. The van der Waals surface area contributed by atoms with Crippen molar-refractivity contribution in [3.8, 4) is 0 Å². The molecule has 1 aliphatic rings. The van der Waals surface area contributed by atoms with Crippen molar-refractivity contribution < 1.29 is 0 Å². The molecule has 1 saturated carbocycles. The highest BCUT2D eigenvalue weighted by molar-refractivity contribution is 4.94. The Morgan fingerprint density at radius 1 is 1.62 bits per heavy atom. The molecule has 0 aromatic rings. The number of hydrogen-bond acceptors (Lipinski definition) is 2. The average Bonchev–Trinajstić information content (AvgIpc) is 2.42. The lowest BCUT2D eigenvalue weighted by Gasteiger charge is -1.95. The zero-order valence-corrected chi connectivity index (χ0v) is 5.29. The molecule has 0 aromatic carbocycles. The maximum atomic E-state index is 9.83. The molecule has 0 aliphatic heterocycles. The fraction of sp³-hybridized carbons (Fsp3) is 1.00. The maximum Gasteiger partial charge on any atom is 0.0954 e. The van der Waals surface area contributed by atoms with Gasteiger partial charge in [0, 0.05) is 0 Å². The average molecular weight is 113 g/mol. The van der Waals surface area contributed by atoms with Crippen molar-refractivity contribution in [3.63, 3.8) is 0 Å². The molecule has 2 heteroatoms. The Bertz CT molecular complexity index is 101. The van der Waals surface area contributed by atoms with E-state index in [0.29, 0.717) is 11.8 Å². The molecule has 0 aromatic heterocycles. The van der Waals surface area contributed by atoms with Gasteiger partial charge >= 0.3 is 0 Å². The van der Waals surface area contributed by atoms with Gasteiger partial charge in [-0.1, -0.05) is 19.0 Å². The first kappa shape index (κ1) is 5.73. The van der Waals surface area contributed by atoms with Crippen LogP contribution in [-0.4, -0.2) is 6.04 Å². The van der Waals surface area contributed by atoms with Crippen LogP contribution in [0.1, 0.15) is 20.3 Å². The molecule has 1 fully saturated rings. The van der Waals surface area contributed by atoms with Crippen LogP contribution < -0.4 is 0 Å². The molecule has 0 saturated heterocycles. The van der Waals surface area contributed by atoms with Crippen LogP contribution in [0.4, 0.5) is 0 Å². The zero-order valence-electron chi connectivity index (χ0n) is 5.29. The van der Waals surface area contributed by atoms with Gasteiger partial charge in [0.2, 0.25) is 0 Å². The highest BCUT2D eigenvalue weighted by atomic mass is 16.3. The summed E-state index contributed by atoms with van der Waals surface area (Å²) in [4.78, 5) is 9.83. The van der Waals surface area contributed by atoms with Gasteiger partial charge < -0.3 is 0 Å². The van der Waals surface area contributed by atoms with Crippen LogP contribution in [0.3, 0.4) is 0 Å². The third kappa shape index (κ3) is 0.881. The zero-order chi connectivity index (χ0) is 6.15. The van der Waals surface area contributed by atoms with Crippen LogP contribution in [-0.2, 0) is 0 Å². The smallest absolute Gasteiger partial charge is 0.0954 e. The van der Waals surface area contributed by atoms with Crippen LogP contribution in [0, 0.1) is 16.7 Å². The molecule has 1 rings (SSSR count). The third-order valence-corrected chi connectivity index (χ3v) is 1.80. The Kier molecular flexibility index (Phi) is 1.32. The molecule has 1 aliphatic carbocycles. The summed E-state index contributed by atoms with van der Waals surface area (Å²) >= 11 is 0. The van der Waals surface area contributed by atoms with Gasteiger partial charge in [-0.15, -0.1) is 0 Å².